The number of carbonyl (C=O) groups is 1. The number of hydrogen-bond acceptors (Lipinski definition) is 4. The fourth-order valence-corrected chi connectivity index (χ4v) is 4.93. The SMILES string of the molecule is O=C(c1cccs1)N1CCS(=O)(=O)C(c2ccccc2)C1. The van der Waals surface area contributed by atoms with Crippen molar-refractivity contribution in [3.8, 4) is 0 Å². The van der Waals surface area contributed by atoms with E-state index in [-0.39, 0.29) is 24.7 Å². The monoisotopic (exact) mass is 321 g/mol. The fraction of sp³-hybridized carbons (Fsp3) is 0.267. The second kappa shape index (κ2) is 5.61. The van der Waals surface area contributed by atoms with E-state index >= 15 is 0 Å². The number of thiophene rings is 1. The molecule has 110 valence electrons. The van der Waals surface area contributed by atoms with Crippen molar-refractivity contribution in [2.45, 2.75) is 5.25 Å². The Morgan fingerprint density at radius 2 is 1.90 bits per heavy atom. The topological polar surface area (TPSA) is 54.5 Å². The molecule has 0 spiro atoms. The van der Waals surface area contributed by atoms with Crippen molar-refractivity contribution in [1.82, 2.24) is 4.90 Å². The lowest BCUT2D eigenvalue weighted by molar-refractivity contribution is 0.0763. The van der Waals surface area contributed by atoms with Crippen LogP contribution in [0.5, 0.6) is 0 Å². The lowest BCUT2D eigenvalue weighted by Gasteiger charge is -2.32. The molecule has 1 fully saturated rings. The quantitative estimate of drug-likeness (QED) is 0.853. The Kier molecular flexibility index (Phi) is 3.82. The first kappa shape index (κ1) is 14.3. The Balaban J connectivity index is 1.87. The third-order valence-corrected chi connectivity index (χ3v) is 6.55. The molecule has 6 heteroatoms. The third kappa shape index (κ3) is 2.87. The van der Waals surface area contributed by atoms with Crippen LogP contribution in [0.25, 0.3) is 0 Å². The number of hydrogen-bond donors (Lipinski definition) is 0. The van der Waals surface area contributed by atoms with Crippen molar-refractivity contribution in [3.05, 3.63) is 58.3 Å². The Bertz CT molecular complexity index is 724. The first-order chi connectivity index (χ1) is 10.1. The van der Waals surface area contributed by atoms with Gasteiger partial charge >= 0.3 is 0 Å². The van der Waals surface area contributed by atoms with E-state index < -0.39 is 15.1 Å². The Labute approximate surface area is 127 Å². The van der Waals surface area contributed by atoms with Crippen LogP contribution >= 0.6 is 11.3 Å². The van der Waals surface area contributed by atoms with Gasteiger partial charge < -0.3 is 4.90 Å². The molecule has 3 rings (SSSR count). The second-order valence-corrected chi connectivity index (χ2v) is 8.25. The minimum Gasteiger partial charge on any atom is -0.335 e. The van der Waals surface area contributed by atoms with Crippen LogP contribution in [-0.4, -0.2) is 38.1 Å². The van der Waals surface area contributed by atoms with E-state index in [0.29, 0.717) is 4.88 Å². The van der Waals surface area contributed by atoms with Crippen LogP contribution in [0.1, 0.15) is 20.5 Å². The molecule has 21 heavy (non-hydrogen) atoms. The van der Waals surface area contributed by atoms with Crippen LogP contribution in [0.4, 0.5) is 0 Å². The van der Waals surface area contributed by atoms with Crippen LogP contribution in [-0.2, 0) is 9.84 Å². The van der Waals surface area contributed by atoms with Crippen molar-refractivity contribution in [3.63, 3.8) is 0 Å². The van der Waals surface area contributed by atoms with Crippen molar-refractivity contribution in [1.29, 1.82) is 0 Å². The zero-order valence-corrected chi connectivity index (χ0v) is 12.9. The molecule has 0 bridgehead atoms. The Hall–Kier alpha value is -1.66. The molecular weight excluding hydrogens is 306 g/mol. The average molecular weight is 321 g/mol. The normalized spacial score (nSPS) is 21.1. The zero-order chi connectivity index (χ0) is 14.9. The predicted octanol–water partition coefficient (Wildman–Crippen LogP) is 2.36. The molecule has 1 aliphatic heterocycles. The smallest absolute Gasteiger partial charge is 0.263 e. The van der Waals surface area contributed by atoms with E-state index in [0.717, 1.165) is 5.56 Å². The van der Waals surface area contributed by atoms with Crippen LogP contribution in [0.15, 0.2) is 47.8 Å². The van der Waals surface area contributed by atoms with Crippen LogP contribution in [0.2, 0.25) is 0 Å². The average Bonchev–Trinajstić information content (AvgIpc) is 3.01. The number of nitrogens with zero attached hydrogens (tertiary/aromatic N) is 1. The largest absolute Gasteiger partial charge is 0.335 e. The van der Waals surface area contributed by atoms with Gasteiger partial charge in [-0.1, -0.05) is 36.4 Å². The highest BCUT2D eigenvalue weighted by atomic mass is 32.2. The number of carbonyl (C=O) groups excluding carboxylic acids is 1. The van der Waals surface area contributed by atoms with Crippen molar-refractivity contribution in [2.75, 3.05) is 18.8 Å². The van der Waals surface area contributed by atoms with Crippen LogP contribution < -0.4 is 0 Å². The van der Waals surface area contributed by atoms with E-state index in [1.54, 1.807) is 23.1 Å². The van der Waals surface area contributed by atoms with Gasteiger partial charge in [0.15, 0.2) is 9.84 Å². The molecule has 0 aliphatic carbocycles. The maximum Gasteiger partial charge on any atom is 0.263 e. The lowest BCUT2D eigenvalue weighted by Crippen LogP contribution is -2.45. The second-order valence-electron chi connectivity index (χ2n) is 4.99. The Morgan fingerprint density at radius 3 is 2.57 bits per heavy atom. The van der Waals surface area contributed by atoms with Gasteiger partial charge in [-0.05, 0) is 17.0 Å². The summed E-state index contributed by atoms with van der Waals surface area (Å²) in [6.45, 7) is 0.492. The number of rotatable bonds is 2. The summed E-state index contributed by atoms with van der Waals surface area (Å²) in [6.07, 6.45) is 0. The summed E-state index contributed by atoms with van der Waals surface area (Å²) in [5.74, 6) is -0.0650. The number of amides is 1. The molecule has 4 nitrogen and oxygen atoms in total. The maximum absolute atomic E-state index is 12.4. The van der Waals surface area contributed by atoms with Gasteiger partial charge in [0.25, 0.3) is 5.91 Å². The molecule has 1 unspecified atom stereocenters. The summed E-state index contributed by atoms with van der Waals surface area (Å²) in [5, 5.41) is 1.22. The highest BCUT2D eigenvalue weighted by Gasteiger charge is 2.36. The van der Waals surface area contributed by atoms with Crippen molar-refractivity contribution >= 4 is 27.1 Å². The molecular formula is C15H15NO3S2. The molecule has 0 radical (unpaired) electrons. The summed E-state index contributed by atoms with van der Waals surface area (Å²) in [4.78, 5) is 14.7. The lowest BCUT2D eigenvalue weighted by atomic mass is 10.1. The summed E-state index contributed by atoms with van der Waals surface area (Å²) < 4.78 is 24.6. The molecule has 2 aromatic rings. The van der Waals surface area contributed by atoms with Crippen molar-refractivity contribution in [2.24, 2.45) is 0 Å². The van der Waals surface area contributed by atoms with E-state index in [1.165, 1.54) is 11.3 Å². The van der Waals surface area contributed by atoms with Gasteiger partial charge in [-0.25, -0.2) is 8.42 Å². The molecule has 1 amide bonds. The van der Waals surface area contributed by atoms with E-state index in [4.69, 9.17) is 0 Å². The molecule has 1 atom stereocenters. The maximum atomic E-state index is 12.4. The van der Waals surface area contributed by atoms with Crippen LogP contribution in [0, 0.1) is 0 Å². The molecule has 0 N–H and O–H groups in total. The first-order valence-corrected chi connectivity index (χ1v) is 9.27. The summed E-state index contributed by atoms with van der Waals surface area (Å²) in [5.41, 5.74) is 0.751. The third-order valence-electron chi connectivity index (χ3n) is 3.66. The minimum atomic E-state index is -3.20. The van der Waals surface area contributed by atoms with Gasteiger partial charge in [-0.3, -0.25) is 4.79 Å². The number of sulfone groups is 1. The summed E-state index contributed by atoms with van der Waals surface area (Å²) in [7, 11) is -3.20. The highest BCUT2D eigenvalue weighted by Crippen LogP contribution is 2.29. The molecule has 1 saturated heterocycles. The van der Waals surface area contributed by atoms with E-state index in [1.807, 2.05) is 29.6 Å². The van der Waals surface area contributed by atoms with Gasteiger partial charge in [-0.15, -0.1) is 11.3 Å². The first-order valence-electron chi connectivity index (χ1n) is 6.67. The fourth-order valence-electron chi connectivity index (χ4n) is 2.51. The van der Waals surface area contributed by atoms with Gasteiger partial charge in [0.2, 0.25) is 0 Å². The standard InChI is InChI=1S/C15H15NO3S2/c17-15(13-7-4-9-20-13)16-8-10-21(18,19)14(11-16)12-5-2-1-3-6-12/h1-7,9,14H,8,10-11H2. The molecule has 1 aliphatic rings. The number of benzene rings is 1. The zero-order valence-electron chi connectivity index (χ0n) is 11.3. The van der Waals surface area contributed by atoms with Crippen molar-refractivity contribution < 1.29 is 13.2 Å². The van der Waals surface area contributed by atoms with Gasteiger partial charge in [0.05, 0.1) is 10.6 Å². The molecule has 1 aromatic carbocycles. The molecule has 1 aromatic heterocycles. The minimum absolute atomic E-state index is 0.0175. The Morgan fingerprint density at radius 1 is 1.14 bits per heavy atom. The van der Waals surface area contributed by atoms with Gasteiger partial charge in [0, 0.05) is 13.1 Å². The van der Waals surface area contributed by atoms with Crippen LogP contribution in [0.3, 0.4) is 0 Å². The summed E-state index contributed by atoms with van der Waals surface area (Å²) >= 11 is 1.38. The molecule has 0 saturated carbocycles. The molecule has 2 heterocycles. The van der Waals surface area contributed by atoms with Gasteiger partial charge in [-0.2, -0.15) is 0 Å². The predicted molar refractivity (Wildman–Crippen MR) is 83.2 cm³/mol. The highest BCUT2D eigenvalue weighted by molar-refractivity contribution is 7.91. The van der Waals surface area contributed by atoms with E-state index in [2.05, 4.69) is 0 Å². The van der Waals surface area contributed by atoms with E-state index in [9.17, 15) is 13.2 Å². The summed E-state index contributed by atoms with van der Waals surface area (Å²) in [6, 6.07) is 12.7. The van der Waals surface area contributed by atoms with Gasteiger partial charge in [0.1, 0.15) is 5.25 Å².